The van der Waals surface area contributed by atoms with Gasteiger partial charge in [0, 0.05) is 34.8 Å². The predicted octanol–water partition coefficient (Wildman–Crippen LogP) is 1.79. The molecule has 20 heavy (non-hydrogen) atoms. The van der Waals surface area contributed by atoms with Gasteiger partial charge in [0.05, 0.1) is 12.1 Å². The van der Waals surface area contributed by atoms with Crippen LogP contribution >= 0.6 is 34.2 Å². The molecule has 0 spiro atoms. The third-order valence-corrected chi connectivity index (χ3v) is 4.35. The largest absolute Gasteiger partial charge is 0.480 e. The number of rotatable bonds is 3. The summed E-state index contributed by atoms with van der Waals surface area (Å²) >= 11 is 8.05. The van der Waals surface area contributed by atoms with Crippen LogP contribution in [0.1, 0.15) is 10.4 Å². The Hall–Kier alpha value is -0.860. The van der Waals surface area contributed by atoms with Gasteiger partial charge < -0.3 is 10.0 Å². The number of amides is 1. The van der Waals surface area contributed by atoms with E-state index in [0.29, 0.717) is 36.8 Å². The van der Waals surface area contributed by atoms with Gasteiger partial charge in [0.25, 0.3) is 5.91 Å². The van der Waals surface area contributed by atoms with Crippen LogP contribution in [0.2, 0.25) is 5.02 Å². The van der Waals surface area contributed by atoms with E-state index in [1.54, 1.807) is 17.0 Å². The first-order valence-corrected chi connectivity index (χ1v) is 7.61. The molecule has 0 saturated carbocycles. The number of piperazine rings is 1. The normalized spacial score (nSPS) is 16.2. The van der Waals surface area contributed by atoms with E-state index in [9.17, 15) is 9.59 Å². The zero-order chi connectivity index (χ0) is 14.7. The Kier molecular flexibility index (Phi) is 5.22. The molecule has 0 atom stereocenters. The Morgan fingerprint density at radius 2 is 1.90 bits per heavy atom. The number of carboxylic acid groups (broad SMARTS) is 1. The first-order valence-electron chi connectivity index (χ1n) is 6.16. The average molecular weight is 409 g/mol. The van der Waals surface area contributed by atoms with E-state index in [2.05, 4.69) is 22.6 Å². The summed E-state index contributed by atoms with van der Waals surface area (Å²) in [7, 11) is 0. The van der Waals surface area contributed by atoms with Crippen LogP contribution in [0, 0.1) is 3.57 Å². The summed E-state index contributed by atoms with van der Waals surface area (Å²) in [4.78, 5) is 26.6. The first kappa shape index (κ1) is 15.5. The molecule has 1 heterocycles. The second kappa shape index (κ2) is 6.73. The van der Waals surface area contributed by atoms with E-state index in [4.69, 9.17) is 16.7 Å². The van der Waals surface area contributed by atoms with Gasteiger partial charge in [0.15, 0.2) is 0 Å². The summed E-state index contributed by atoms with van der Waals surface area (Å²) in [5.74, 6) is -0.888. The molecule has 1 fully saturated rings. The number of carbonyl (C=O) groups is 2. The highest BCUT2D eigenvalue weighted by atomic mass is 127. The van der Waals surface area contributed by atoms with Crippen molar-refractivity contribution in [3.8, 4) is 0 Å². The molecule has 108 valence electrons. The topological polar surface area (TPSA) is 60.9 Å². The summed E-state index contributed by atoms with van der Waals surface area (Å²) in [5, 5.41) is 9.29. The Morgan fingerprint density at radius 1 is 1.25 bits per heavy atom. The second-order valence-corrected chi connectivity index (χ2v) is 6.18. The third-order valence-electron chi connectivity index (χ3n) is 3.18. The predicted molar refractivity (Wildman–Crippen MR) is 84.1 cm³/mol. The summed E-state index contributed by atoms with van der Waals surface area (Å²) in [6.07, 6.45) is 0. The van der Waals surface area contributed by atoms with Gasteiger partial charge >= 0.3 is 5.97 Å². The zero-order valence-electron chi connectivity index (χ0n) is 10.7. The molecule has 5 nitrogen and oxygen atoms in total. The van der Waals surface area contributed by atoms with E-state index in [1.807, 2.05) is 11.0 Å². The van der Waals surface area contributed by atoms with Gasteiger partial charge in [-0.25, -0.2) is 0 Å². The minimum atomic E-state index is -0.839. The summed E-state index contributed by atoms with van der Waals surface area (Å²) in [5.41, 5.74) is 0.602. The Balaban J connectivity index is 2.01. The quantitative estimate of drug-likeness (QED) is 0.775. The molecule has 1 N–H and O–H groups in total. The molecule has 0 bridgehead atoms. The molecule has 1 saturated heterocycles. The highest BCUT2D eigenvalue weighted by Gasteiger charge is 2.24. The van der Waals surface area contributed by atoms with Crippen LogP contribution in [0.25, 0.3) is 0 Å². The van der Waals surface area contributed by atoms with Gasteiger partial charge in [-0.15, -0.1) is 0 Å². The van der Waals surface area contributed by atoms with Gasteiger partial charge in [-0.2, -0.15) is 0 Å². The monoisotopic (exact) mass is 408 g/mol. The van der Waals surface area contributed by atoms with Gasteiger partial charge in [-0.3, -0.25) is 14.5 Å². The lowest BCUT2D eigenvalue weighted by Crippen LogP contribution is -2.50. The van der Waals surface area contributed by atoms with Gasteiger partial charge in [0.1, 0.15) is 0 Å². The first-order chi connectivity index (χ1) is 9.47. The second-order valence-electron chi connectivity index (χ2n) is 4.59. The summed E-state index contributed by atoms with van der Waals surface area (Å²) < 4.78 is 0.866. The molecule has 1 amide bonds. The smallest absolute Gasteiger partial charge is 0.317 e. The van der Waals surface area contributed by atoms with Crippen LogP contribution in [0.15, 0.2) is 18.2 Å². The standard InChI is InChI=1S/C13H14ClIN2O3/c14-9-1-2-11(15)10(7-9)13(20)17-5-3-16(4-6-17)8-12(18)19/h1-2,7H,3-6,8H2,(H,18,19). The van der Waals surface area contributed by atoms with Crippen LogP contribution in [-0.2, 0) is 4.79 Å². The van der Waals surface area contributed by atoms with E-state index in [0.717, 1.165) is 3.57 Å². The third kappa shape index (κ3) is 3.83. The molecule has 0 aromatic heterocycles. The number of hydrogen-bond acceptors (Lipinski definition) is 3. The molecule has 2 rings (SSSR count). The van der Waals surface area contributed by atoms with Crippen LogP contribution in [0.3, 0.4) is 0 Å². The maximum Gasteiger partial charge on any atom is 0.317 e. The fraction of sp³-hybridized carbons (Fsp3) is 0.385. The minimum absolute atomic E-state index is 0.0245. The maximum atomic E-state index is 12.4. The lowest BCUT2D eigenvalue weighted by atomic mass is 10.2. The van der Waals surface area contributed by atoms with Gasteiger partial charge in [-0.05, 0) is 40.8 Å². The molecule has 1 aliphatic rings. The number of benzene rings is 1. The fourth-order valence-electron chi connectivity index (χ4n) is 2.13. The van der Waals surface area contributed by atoms with Crippen LogP contribution < -0.4 is 0 Å². The Bertz CT molecular complexity index is 530. The van der Waals surface area contributed by atoms with Crippen molar-refractivity contribution in [1.29, 1.82) is 0 Å². The lowest BCUT2D eigenvalue weighted by Gasteiger charge is -2.34. The van der Waals surface area contributed by atoms with Crippen LogP contribution in [0.4, 0.5) is 0 Å². The molecule has 7 heteroatoms. The highest BCUT2D eigenvalue weighted by molar-refractivity contribution is 14.1. The van der Waals surface area contributed by atoms with Gasteiger partial charge in [0.2, 0.25) is 0 Å². The van der Waals surface area contributed by atoms with Crippen molar-refractivity contribution >= 4 is 46.1 Å². The number of hydrogen-bond donors (Lipinski definition) is 1. The minimum Gasteiger partial charge on any atom is -0.480 e. The molecule has 0 unspecified atom stereocenters. The molecule has 1 aliphatic heterocycles. The number of halogens is 2. The van der Waals surface area contributed by atoms with E-state index in [1.165, 1.54) is 0 Å². The van der Waals surface area contributed by atoms with Crippen molar-refractivity contribution in [2.45, 2.75) is 0 Å². The van der Waals surface area contributed by atoms with Crippen LogP contribution in [0.5, 0.6) is 0 Å². The number of carbonyl (C=O) groups excluding carboxylic acids is 1. The summed E-state index contributed by atoms with van der Waals surface area (Å²) in [6.45, 7) is 2.25. The van der Waals surface area contributed by atoms with Crippen molar-refractivity contribution in [1.82, 2.24) is 9.80 Å². The number of carboxylic acids is 1. The molecule has 0 aliphatic carbocycles. The van der Waals surface area contributed by atoms with Crippen molar-refractivity contribution in [2.24, 2.45) is 0 Å². The van der Waals surface area contributed by atoms with Crippen molar-refractivity contribution in [3.63, 3.8) is 0 Å². The fourth-order valence-corrected chi connectivity index (χ4v) is 2.87. The Labute approximate surface area is 135 Å². The number of aliphatic carboxylic acids is 1. The number of nitrogens with zero attached hydrogens (tertiary/aromatic N) is 2. The van der Waals surface area contributed by atoms with Crippen molar-refractivity contribution in [2.75, 3.05) is 32.7 Å². The van der Waals surface area contributed by atoms with E-state index < -0.39 is 5.97 Å². The van der Waals surface area contributed by atoms with E-state index >= 15 is 0 Å². The SMILES string of the molecule is O=C(O)CN1CCN(C(=O)c2cc(Cl)ccc2I)CC1. The van der Waals surface area contributed by atoms with Crippen LogP contribution in [-0.4, -0.2) is 59.5 Å². The van der Waals surface area contributed by atoms with E-state index in [-0.39, 0.29) is 12.5 Å². The summed E-state index contributed by atoms with van der Waals surface area (Å²) in [6, 6.07) is 5.25. The van der Waals surface area contributed by atoms with Crippen molar-refractivity contribution < 1.29 is 14.7 Å². The molecule has 1 aromatic rings. The zero-order valence-corrected chi connectivity index (χ0v) is 13.6. The van der Waals surface area contributed by atoms with Gasteiger partial charge in [-0.1, -0.05) is 11.6 Å². The maximum absolute atomic E-state index is 12.4. The molecule has 0 radical (unpaired) electrons. The average Bonchev–Trinajstić information content (AvgIpc) is 2.41. The Morgan fingerprint density at radius 3 is 2.50 bits per heavy atom. The molecular weight excluding hydrogens is 395 g/mol. The molecular formula is C13H14ClIN2O3. The molecule has 1 aromatic carbocycles. The van der Waals surface area contributed by atoms with Crippen molar-refractivity contribution in [3.05, 3.63) is 32.4 Å². The highest BCUT2D eigenvalue weighted by Crippen LogP contribution is 2.20. The lowest BCUT2D eigenvalue weighted by molar-refractivity contribution is -0.138.